The zero-order chi connectivity index (χ0) is 15.9. The summed E-state index contributed by atoms with van der Waals surface area (Å²) in [4.78, 5) is 15.8. The van der Waals surface area contributed by atoms with Crippen LogP contribution < -0.4 is 0 Å². The van der Waals surface area contributed by atoms with Gasteiger partial charge in [-0.1, -0.05) is 18.2 Å². The van der Waals surface area contributed by atoms with E-state index in [-0.39, 0.29) is 6.04 Å². The fraction of sp³-hybridized carbons (Fsp3) is 0.222. The van der Waals surface area contributed by atoms with Crippen LogP contribution in [0.4, 0.5) is 0 Å². The average molecular weight is 294 g/mol. The number of rotatable bonds is 3. The number of benzene rings is 1. The number of carboxylic acid groups (broad SMARTS) is 1. The quantitative estimate of drug-likeness (QED) is 0.795. The van der Waals surface area contributed by atoms with Crippen LogP contribution in [0.2, 0.25) is 0 Å². The van der Waals surface area contributed by atoms with Gasteiger partial charge in [0.1, 0.15) is 0 Å². The predicted molar refractivity (Wildman–Crippen MR) is 86.4 cm³/mol. The van der Waals surface area contributed by atoms with Gasteiger partial charge in [0, 0.05) is 29.0 Å². The van der Waals surface area contributed by atoms with E-state index in [1.807, 2.05) is 50.4 Å². The molecule has 0 bridgehead atoms. The SMILES string of the molecule is Cc1cnccc1C(C)n1c(C)c(C(=O)O)c2ccccc21. The minimum Gasteiger partial charge on any atom is -0.478 e. The molecule has 1 unspecified atom stereocenters. The third-order valence-corrected chi connectivity index (χ3v) is 4.27. The molecule has 0 aliphatic carbocycles. The van der Waals surface area contributed by atoms with Gasteiger partial charge in [-0.25, -0.2) is 4.79 Å². The Bertz CT molecular complexity index is 865. The standard InChI is InChI=1S/C18H18N2O2/c1-11-10-19-9-8-14(11)12(2)20-13(3)17(18(21)22)15-6-4-5-7-16(15)20/h4-10,12H,1-3H3,(H,21,22). The third-order valence-electron chi connectivity index (χ3n) is 4.27. The van der Waals surface area contributed by atoms with Crippen LogP contribution in [-0.4, -0.2) is 20.6 Å². The Morgan fingerprint density at radius 2 is 1.95 bits per heavy atom. The predicted octanol–water partition coefficient (Wildman–Crippen LogP) is 3.96. The molecule has 3 aromatic rings. The van der Waals surface area contributed by atoms with Crippen molar-refractivity contribution in [3.63, 3.8) is 0 Å². The summed E-state index contributed by atoms with van der Waals surface area (Å²) < 4.78 is 2.10. The summed E-state index contributed by atoms with van der Waals surface area (Å²) in [5.74, 6) is -0.883. The second-order valence-corrected chi connectivity index (χ2v) is 5.56. The second-order valence-electron chi connectivity index (χ2n) is 5.56. The van der Waals surface area contributed by atoms with Crippen molar-refractivity contribution in [1.29, 1.82) is 0 Å². The van der Waals surface area contributed by atoms with Crippen molar-refractivity contribution in [2.75, 3.05) is 0 Å². The lowest BCUT2D eigenvalue weighted by Gasteiger charge is -2.20. The Hall–Kier alpha value is -2.62. The minimum absolute atomic E-state index is 0.0426. The Morgan fingerprint density at radius 1 is 1.23 bits per heavy atom. The summed E-state index contributed by atoms with van der Waals surface area (Å²) in [6, 6.07) is 9.70. The minimum atomic E-state index is -0.883. The molecule has 22 heavy (non-hydrogen) atoms. The number of hydrogen-bond acceptors (Lipinski definition) is 2. The first-order valence-electron chi connectivity index (χ1n) is 7.25. The molecule has 0 saturated heterocycles. The van der Waals surface area contributed by atoms with Crippen LogP contribution in [0, 0.1) is 13.8 Å². The average Bonchev–Trinajstić information content (AvgIpc) is 2.79. The summed E-state index contributed by atoms with van der Waals surface area (Å²) in [6.45, 7) is 5.99. The maximum atomic E-state index is 11.7. The molecule has 4 heteroatoms. The molecule has 0 aliphatic heterocycles. The molecule has 2 aromatic heterocycles. The first-order chi connectivity index (χ1) is 10.5. The van der Waals surface area contributed by atoms with E-state index in [9.17, 15) is 9.90 Å². The molecule has 1 N–H and O–H groups in total. The van der Waals surface area contributed by atoms with Crippen LogP contribution in [0.5, 0.6) is 0 Å². The highest BCUT2D eigenvalue weighted by atomic mass is 16.4. The zero-order valence-electron chi connectivity index (χ0n) is 12.9. The zero-order valence-corrected chi connectivity index (χ0v) is 12.9. The van der Waals surface area contributed by atoms with Crippen molar-refractivity contribution in [3.8, 4) is 0 Å². The monoisotopic (exact) mass is 294 g/mol. The molecular weight excluding hydrogens is 276 g/mol. The summed E-state index contributed by atoms with van der Waals surface area (Å²) >= 11 is 0. The van der Waals surface area contributed by atoms with Gasteiger partial charge in [0.25, 0.3) is 0 Å². The number of hydrogen-bond donors (Lipinski definition) is 1. The van der Waals surface area contributed by atoms with Crippen molar-refractivity contribution in [2.45, 2.75) is 26.8 Å². The summed E-state index contributed by atoms with van der Waals surface area (Å²) in [5, 5.41) is 10.3. The van der Waals surface area contributed by atoms with Crippen LogP contribution in [0.3, 0.4) is 0 Å². The van der Waals surface area contributed by atoms with Gasteiger partial charge < -0.3 is 9.67 Å². The summed E-state index contributed by atoms with van der Waals surface area (Å²) in [7, 11) is 0. The van der Waals surface area contributed by atoms with Crippen molar-refractivity contribution >= 4 is 16.9 Å². The highest BCUT2D eigenvalue weighted by Gasteiger charge is 2.22. The molecule has 0 spiro atoms. The Labute approximate surface area is 129 Å². The highest BCUT2D eigenvalue weighted by molar-refractivity contribution is 6.05. The van der Waals surface area contributed by atoms with Crippen LogP contribution in [0.1, 0.15) is 40.1 Å². The number of carbonyl (C=O) groups is 1. The van der Waals surface area contributed by atoms with Crippen LogP contribution in [0.15, 0.2) is 42.7 Å². The number of pyridine rings is 1. The number of aromatic nitrogens is 2. The largest absolute Gasteiger partial charge is 0.478 e. The normalized spacial score (nSPS) is 12.5. The Kier molecular flexibility index (Phi) is 3.45. The fourth-order valence-electron chi connectivity index (χ4n) is 3.25. The molecule has 3 rings (SSSR count). The van der Waals surface area contributed by atoms with Gasteiger partial charge in [-0.05, 0) is 44.0 Å². The van der Waals surface area contributed by atoms with Crippen molar-refractivity contribution < 1.29 is 9.90 Å². The Morgan fingerprint density at radius 3 is 2.64 bits per heavy atom. The molecule has 4 nitrogen and oxygen atoms in total. The fourth-order valence-corrected chi connectivity index (χ4v) is 3.25. The van der Waals surface area contributed by atoms with E-state index in [1.165, 1.54) is 0 Å². The van der Waals surface area contributed by atoms with Gasteiger partial charge in [0.05, 0.1) is 11.6 Å². The maximum Gasteiger partial charge on any atom is 0.338 e. The van der Waals surface area contributed by atoms with Gasteiger partial charge in [-0.15, -0.1) is 0 Å². The molecule has 0 fully saturated rings. The second kappa shape index (κ2) is 5.30. The van der Waals surface area contributed by atoms with E-state index < -0.39 is 5.97 Å². The molecule has 1 atom stereocenters. The van der Waals surface area contributed by atoms with E-state index in [4.69, 9.17) is 0 Å². The molecule has 1 aromatic carbocycles. The summed E-state index contributed by atoms with van der Waals surface area (Å²) in [6.07, 6.45) is 3.61. The van der Waals surface area contributed by atoms with E-state index in [0.717, 1.165) is 27.7 Å². The number of aryl methyl sites for hydroxylation is 1. The molecular formula is C18H18N2O2. The van der Waals surface area contributed by atoms with Gasteiger partial charge in [-0.2, -0.15) is 0 Å². The van der Waals surface area contributed by atoms with Crippen molar-refractivity contribution in [2.24, 2.45) is 0 Å². The first kappa shape index (κ1) is 14.3. The van der Waals surface area contributed by atoms with Gasteiger partial charge in [0.15, 0.2) is 0 Å². The molecule has 2 heterocycles. The lowest BCUT2D eigenvalue weighted by Crippen LogP contribution is -2.11. The molecule has 0 radical (unpaired) electrons. The third kappa shape index (κ3) is 2.08. The molecule has 0 amide bonds. The van der Waals surface area contributed by atoms with Crippen LogP contribution in [0.25, 0.3) is 10.9 Å². The maximum absolute atomic E-state index is 11.7. The van der Waals surface area contributed by atoms with E-state index in [2.05, 4.69) is 16.5 Å². The molecule has 0 saturated carbocycles. The highest BCUT2D eigenvalue weighted by Crippen LogP contribution is 2.32. The van der Waals surface area contributed by atoms with Crippen LogP contribution in [-0.2, 0) is 0 Å². The Balaban J connectivity index is 2.30. The van der Waals surface area contributed by atoms with Crippen molar-refractivity contribution in [1.82, 2.24) is 9.55 Å². The number of para-hydroxylation sites is 1. The lowest BCUT2D eigenvalue weighted by molar-refractivity contribution is 0.0698. The summed E-state index contributed by atoms with van der Waals surface area (Å²) in [5.41, 5.74) is 4.35. The van der Waals surface area contributed by atoms with Crippen LogP contribution >= 0.6 is 0 Å². The van der Waals surface area contributed by atoms with E-state index in [0.29, 0.717) is 5.56 Å². The lowest BCUT2D eigenvalue weighted by atomic mass is 10.0. The van der Waals surface area contributed by atoms with Gasteiger partial charge >= 0.3 is 5.97 Å². The number of nitrogens with zero attached hydrogens (tertiary/aromatic N) is 2. The number of fused-ring (bicyclic) bond motifs is 1. The number of carboxylic acids is 1. The van der Waals surface area contributed by atoms with E-state index in [1.54, 1.807) is 6.20 Å². The molecule has 112 valence electrons. The topological polar surface area (TPSA) is 55.1 Å². The first-order valence-corrected chi connectivity index (χ1v) is 7.25. The van der Waals surface area contributed by atoms with E-state index >= 15 is 0 Å². The van der Waals surface area contributed by atoms with Gasteiger partial charge in [-0.3, -0.25) is 4.98 Å². The number of aromatic carboxylic acids is 1. The van der Waals surface area contributed by atoms with Crippen molar-refractivity contribution in [3.05, 3.63) is 65.1 Å². The molecule has 0 aliphatic rings. The smallest absolute Gasteiger partial charge is 0.338 e. The van der Waals surface area contributed by atoms with Gasteiger partial charge in [0.2, 0.25) is 0 Å².